The van der Waals surface area contributed by atoms with E-state index in [1.54, 1.807) is 86.6 Å². The first-order valence-electron chi connectivity index (χ1n) is 27.9. The average molecular weight is 1130 g/mol. The number of likely N-dealkylation sites (N-methyl/N-ethyl adjacent to an activating group) is 5. The van der Waals surface area contributed by atoms with Crippen LogP contribution in [0.1, 0.15) is 120 Å². The maximum absolute atomic E-state index is 14.9. The van der Waals surface area contributed by atoms with Crippen molar-refractivity contribution in [1.29, 1.82) is 0 Å². The molecule has 9 amide bonds. The van der Waals surface area contributed by atoms with Gasteiger partial charge in [0.2, 0.25) is 47.3 Å². The van der Waals surface area contributed by atoms with Crippen LogP contribution in [0.5, 0.6) is 5.75 Å². The predicted octanol–water partition coefficient (Wildman–Crippen LogP) is 2.32. The number of hydrogen-bond acceptors (Lipinski definition) is 13. The van der Waals surface area contributed by atoms with E-state index in [-0.39, 0.29) is 19.4 Å². The van der Waals surface area contributed by atoms with Crippen molar-refractivity contribution in [3.63, 3.8) is 0 Å². The Bertz CT molecular complexity index is 2380. The highest BCUT2D eigenvalue weighted by Crippen LogP contribution is 2.26. The van der Waals surface area contributed by atoms with Crippen molar-refractivity contribution in [3.05, 3.63) is 29.8 Å². The van der Waals surface area contributed by atoms with Crippen molar-refractivity contribution in [2.24, 2.45) is 29.6 Å². The number of carboxylic acids is 1. The fraction of sp³-hybridized carbons (Fsp3) is 0.702. The van der Waals surface area contributed by atoms with Crippen LogP contribution in [0, 0.1) is 29.6 Å². The number of aliphatic carboxylic acids is 1. The van der Waals surface area contributed by atoms with Gasteiger partial charge in [-0.15, -0.1) is 0 Å². The van der Waals surface area contributed by atoms with Crippen molar-refractivity contribution in [2.75, 3.05) is 55.4 Å². The first-order valence-corrected chi connectivity index (χ1v) is 27.9. The molecule has 11 atom stereocenters. The topological polar surface area (TPSA) is 282 Å². The van der Waals surface area contributed by atoms with E-state index in [0.717, 1.165) is 14.7 Å². The van der Waals surface area contributed by atoms with Crippen LogP contribution in [-0.2, 0) is 63.9 Å². The molecule has 2 aliphatic heterocycles. The number of fused-ring (bicyclic) bond motifs is 1. The van der Waals surface area contributed by atoms with Gasteiger partial charge >= 0.3 is 11.9 Å². The Morgan fingerprint density at radius 3 is 1.69 bits per heavy atom. The Morgan fingerprint density at radius 1 is 0.637 bits per heavy atom. The second-order valence-corrected chi connectivity index (χ2v) is 22.6. The molecule has 0 radical (unpaired) electrons. The van der Waals surface area contributed by atoms with E-state index in [2.05, 4.69) is 16.0 Å². The normalized spacial score (nSPS) is 26.7. The lowest BCUT2D eigenvalue weighted by Crippen LogP contribution is -2.63. The monoisotopic (exact) mass is 1130 g/mol. The van der Waals surface area contributed by atoms with Crippen LogP contribution < -0.4 is 20.7 Å². The zero-order valence-corrected chi connectivity index (χ0v) is 50.2. The smallest absolute Gasteiger partial charge is 0.329 e. The number of rotatable bonds is 12. The number of cyclic esters (lactones) is 1. The van der Waals surface area contributed by atoms with Crippen molar-refractivity contribution >= 4 is 65.1 Å². The van der Waals surface area contributed by atoms with E-state index in [9.17, 15) is 57.8 Å². The molecule has 4 N–H and O–H groups in total. The van der Waals surface area contributed by atoms with Crippen LogP contribution in [0.15, 0.2) is 24.3 Å². The molecule has 3 rings (SSSR count). The van der Waals surface area contributed by atoms with Gasteiger partial charge in [-0.25, -0.2) is 4.79 Å². The molecule has 1 aromatic carbocycles. The Balaban J connectivity index is 2.27. The molecule has 1 aromatic rings. The molecule has 0 spiro atoms. The van der Waals surface area contributed by atoms with Gasteiger partial charge in [0, 0.05) is 48.2 Å². The van der Waals surface area contributed by atoms with E-state index in [1.165, 1.54) is 64.0 Å². The first kappa shape index (κ1) is 67.5. The van der Waals surface area contributed by atoms with Gasteiger partial charge in [0.05, 0.1) is 20.1 Å². The number of methoxy groups -OCH3 is 1. The lowest BCUT2D eigenvalue weighted by atomic mass is 9.92. The fourth-order valence-corrected chi connectivity index (χ4v) is 10.7. The summed E-state index contributed by atoms with van der Waals surface area (Å²) < 4.78 is 11.2. The number of piperidine rings is 1. The quantitative estimate of drug-likeness (QED) is 0.219. The number of carboxylic acid groups (broad SMARTS) is 1. The summed E-state index contributed by atoms with van der Waals surface area (Å²) in [6.07, 6.45) is -0.488. The van der Waals surface area contributed by atoms with Gasteiger partial charge in [-0.3, -0.25) is 47.9 Å². The largest absolute Gasteiger partial charge is 0.497 e. The van der Waals surface area contributed by atoms with E-state index >= 15 is 0 Å². The number of nitrogens with one attached hydrogen (secondary N) is 3. The van der Waals surface area contributed by atoms with Gasteiger partial charge in [0.25, 0.3) is 5.91 Å². The molecule has 2 heterocycles. The Hall–Kier alpha value is -6.81. The summed E-state index contributed by atoms with van der Waals surface area (Å²) >= 11 is 0. The summed E-state index contributed by atoms with van der Waals surface area (Å²) in [5, 5.41) is 18.4. The Kier molecular flexibility index (Phi) is 25.4. The summed E-state index contributed by atoms with van der Waals surface area (Å²) in [6, 6.07) is -3.77. The number of amides is 9. The fourth-order valence-electron chi connectivity index (χ4n) is 10.7. The minimum atomic E-state index is -1.69. The zero-order chi connectivity index (χ0) is 60.8. The van der Waals surface area contributed by atoms with E-state index in [0.29, 0.717) is 37.0 Å². The predicted molar refractivity (Wildman–Crippen MR) is 297 cm³/mol. The molecule has 448 valence electrons. The molecule has 2 saturated heterocycles. The van der Waals surface area contributed by atoms with Crippen LogP contribution >= 0.6 is 0 Å². The van der Waals surface area contributed by atoms with Crippen LogP contribution in [0.4, 0.5) is 0 Å². The number of hydrogen-bond donors (Lipinski definition) is 4. The van der Waals surface area contributed by atoms with Gasteiger partial charge < -0.3 is 59.9 Å². The third-order valence-electron chi connectivity index (χ3n) is 15.8. The van der Waals surface area contributed by atoms with Gasteiger partial charge in [0.1, 0.15) is 54.1 Å². The van der Waals surface area contributed by atoms with Gasteiger partial charge in [0.15, 0.2) is 6.10 Å². The SMILES string of the molecule is CC[C@@H](C)[C@H]1C(=O)NCC(=O)N(C)[C@@H](C(C)C)C(=O)N[C@@H](Cc2ccc(OC)cc2)C(=O)O[C@H](C)C(=O)N2CCCC[C@H]2C(=O)N(C)[C@@H](C(C)C)C(=O)N[C@@H](C(C)C)C(=O)N(C)[C@@H](CC(=O)O)C(=O)N(C)[C@@H]([C@@H](C)CC)C(=O)N1C. The summed E-state index contributed by atoms with van der Waals surface area (Å²) in [7, 11) is 8.24. The molecule has 0 saturated carbocycles. The van der Waals surface area contributed by atoms with Crippen LogP contribution in [0.3, 0.4) is 0 Å². The molecular formula is C57H91N9O14. The van der Waals surface area contributed by atoms with Gasteiger partial charge in [-0.2, -0.15) is 0 Å². The van der Waals surface area contributed by atoms with E-state index in [1.807, 2.05) is 6.92 Å². The number of esters is 1. The lowest BCUT2D eigenvalue weighted by molar-refractivity contribution is -0.165. The maximum atomic E-state index is 14.9. The molecule has 23 nitrogen and oxygen atoms in total. The van der Waals surface area contributed by atoms with Crippen molar-refractivity contribution in [1.82, 2.24) is 45.3 Å². The highest BCUT2D eigenvalue weighted by molar-refractivity contribution is 5.99. The van der Waals surface area contributed by atoms with Crippen LogP contribution in [-0.4, -0.2) is 209 Å². The van der Waals surface area contributed by atoms with Crippen LogP contribution in [0.2, 0.25) is 0 Å². The standard InChI is InChI=1S/C57H91N9O14/c1-18-34(9)47-49(70)58-30-42(67)62(13)45(32(5)6)50(71)59-39(28-37-23-25-38(79-17)26-24-37)57(78)80-36(11)52(73)66-27-21-20-22-40(66)53(74)63(14)46(33(7)8)51(72)60-44(31(3)4)55(76)61(12)41(29-43(68)69)54(75)65(16)48(35(10)19-2)56(77)64(47)15/h23-26,31-36,39-41,44-48H,18-22,27-30H2,1-17H3,(H,58,70)(H,59,71)(H,60,72)(H,68,69)/t34-,35+,36-,39+,40+,41+,44+,45+,46+,47+,48+/m1/s1. The van der Waals surface area contributed by atoms with E-state index < -0.39 is 162 Å². The Morgan fingerprint density at radius 2 is 1.16 bits per heavy atom. The first-order chi connectivity index (χ1) is 37.4. The highest BCUT2D eigenvalue weighted by atomic mass is 16.5. The average Bonchev–Trinajstić information content (AvgIpc) is 3.41. The van der Waals surface area contributed by atoms with Crippen molar-refractivity contribution in [3.8, 4) is 5.75 Å². The van der Waals surface area contributed by atoms with Crippen molar-refractivity contribution in [2.45, 2.75) is 176 Å². The number of ether oxygens (including phenoxy) is 2. The Labute approximate surface area is 472 Å². The summed E-state index contributed by atoms with van der Waals surface area (Å²) in [6.45, 7) is 18.0. The molecule has 0 aliphatic carbocycles. The molecule has 80 heavy (non-hydrogen) atoms. The summed E-state index contributed by atoms with van der Waals surface area (Å²) in [5.74, 6) is -11.4. The summed E-state index contributed by atoms with van der Waals surface area (Å²) in [4.78, 5) is 165. The molecule has 0 bridgehead atoms. The number of nitrogens with zero attached hydrogens (tertiary/aromatic N) is 6. The molecule has 2 fully saturated rings. The second-order valence-electron chi connectivity index (χ2n) is 22.6. The van der Waals surface area contributed by atoms with Gasteiger partial charge in [-0.1, -0.05) is 94.2 Å². The third kappa shape index (κ3) is 16.6. The van der Waals surface area contributed by atoms with Crippen molar-refractivity contribution < 1.29 is 67.3 Å². The minimum absolute atomic E-state index is 0.106. The molecular weight excluding hydrogens is 1030 g/mol. The summed E-state index contributed by atoms with van der Waals surface area (Å²) in [5.41, 5.74) is 0.581. The highest BCUT2D eigenvalue weighted by Gasteiger charge is 2.46. The number of carbonyl (C=O) groups excluding carboxylic acids is 10. The second kappa shape index (κ2) is 30.1. The molecule has 0 aromatic heterocycles. The number of benzene rings is 1. The molecule has 23 heteroatoms. The molecule has 2 aliphatic rings. The third-order valence-corrected chi connectivity index (χ3v) is 15.8. The molecule has 0 unspecified atom stereocenters. The van der Waals surface area contributed by atoms with Gasteiger partial charge in [-0.05, 0) is 73.5 Å². The number of carbonyl (C=O) groups is 11. The lowest BCUT2D eigenvalue weighted by Gasteiger charge is -2.41. The van der Waals surface area contributed by atoms with Crippen LogP contribution in [0.25, 0.3) is 0 Å². The van der Waals surface area contributed by atoms with E-state index in [4.69, 9.17) is 9.47 Å². The maximum Gasteiger partial charge on any atom is 0.329 e. The minimum Gasteiger partial charge on any atom is -0.497 e. The zero-order valence-electron chi connectivity index (χ0n) is 50.2.